The molecule has 0 fully saturated rings. The van der Waals surface area contributed by atoms with Gasteiger partial charge in [-0.1, -0.05) is 23.7 Å². The van der Waals surface area contributed by atoms with Crippen molar-refractivity contribution in [1.29, 1.82) is 0 Å². The van der Waals surface area contributed by atoms with Gasteiger partial charge >= 0.3 is 0 Å². The molecule has 1 heterocycles. The molecule has 1 unspecified atom stereocenters. The van der Waals surface area contributed by atoms with Crippen LogP contribution >= 0.6 is 11.6 Å². The Bertz CT molecular complexity index is 550. The maximum Gasteiger partial charge on any atom is 0.228 e. The Morgan fingerprint density at radius 3 is 3.00 bits per heavy atom. The van der Waals surface area contributed by atoms with Crippen molar-refractivity contribution < 1.29 is 4.42 Å². The largest absolute Gasteiger partial charge is 0.441 e. The number of hydrogen-bond donors (Lipinski definition) is 1. The molecule has 2 aromatic rings. The highest BCUT2D eigenvalue weighted by molar-refractivity contribution is 6.33. The number of halogens is 1. The van der Waals surface area contributed by atoms with Gasteiger partial charge in [-0.25, -0.2) is 4.98 Å². The molecule has 3 rings (SSSR count). The highest BCUT2D eigenvalue weighted by Gasteiger charge is 2.22. The summed E-state index contributed by atoms with van der Waals surface area (Å²) in [5, 5.41) is 0.662. The summed E-state index contributed by atoms with van der Waals surface area (Å²) >= 11 is 6.13. The van der Waals surface area contributed by atoms with E-state index in [0.29, 0.717) is 10.9 Å². The van der Waals surface area contributed by atoms with Gasteiger partial charge in [0.1, 0.15) is 5.76 Å². The Hall–Kier alpha value is -1.32. The lowest BCUT2D eigenvalue weighted by molar-refractivity contribution is 0.463. The predicted molar refractivity (Wildman–Crippen MR) is 66.9 cm³/mol. The number of benzene rings is 1. The minimum atomic E-state index is 0.201. The fraction of sp³-hybridized carbons (Fsp3) is 0.308. The second-order valence-electron chi connectivity index (χ2n) is 4.37. The molecule has 0 aliphatic heterocycles. The summed E-state index contributed by atoms with van der Waals surface area (Å²) in [4.78, 5) is 4.50. The lowest BCUT2D eigenvalue weighted by Gasteiger charge is -2.14. The molecule has 17 heavy (non-hydrogen) atoms. The first-order valence-electron chi connectivity index (χ1n) is 5.73. The van der Waals surface area contributed by atoms with Crippen molar-refractivity contribution in [3.8, 4) is 11.5 Å². The lowest BCUT2D eigenvalue weighted by Crippen LogP contribution is -2.27. The summed E-state index contributed by atoms with van der Waals surface area (Å²) in [6.07, 6.45) is 2.63. The van der Waals surface area contributed by atoms with Crippen molar-refractivity contribution in [2.45, 2.75) is 25.3 Å². The normalized spacial score (nSPS) is 19.1. The summed E-state index contributed by atoms with van der Waals surface area (Å²) in [6, 6.07) is 7.78. The van der Waals surface area contributed by atoms with E-state index in [-0.39, 0.29) is 6.04 Å². The summed E-state index contributed by atoms with van der Waals surface area (Å²) < 4.78 is 5.77. The maximum atomic E-state index is 6.13. The number of nitrogens with two attached hydrogens (primary N) is 1. The SMILES string of the molecule is NC1CCc2oc(-c3ccccc3Cl)nc2C1. The molecular formula is C13H13ClN2O. The van der Waals surface area contributed by atoms with Gasteiger partial charge in [0, 0.05) is 18.9 Å². The molecule has 0 radical (unpaired) electrons. The number of rotatable bonds is 1. The molecule has 1 atom stereocenters. The van der Waals surface area contributed by atoms with E-state index in [1.54, 1.807) is 0 Å². The zero-order valence-corrected chi connectivity index (χ0v) is 10.1. The van der Waals surface area contributed by atoms with E-state index in [4.69, 9.17) is 21.8 Å². The van der Waals surface area contributed by atoms with E-state index < -0.39 is 0 Å². The fourth-order valence-electron chi connectivity index (χ4n) is 2.15. The Labute approximate surface area is 105 Å². The topological polar surface area (TPSA) is 52.0 Å². The molecule has 88 valence electrons. The molecule has 0 saturated carbocycles. The highest BCUT2D eigenvalue weighted by atomic mass is 35.5. The molecule has 1 aromatic heterocycles. The van der Waals surface area contributed by atoms with Crippen molar-refractivity contribution in [3.05, 3.63) is 40.7 Å². The number of nitrogens with zero attached hydrogens (tertiary/aromatic N) is 1. The average Bonchev–Trinajstić information content (AvgIpc) is 2.72. The lowest BCUT2D eigenvalue weighted by atomic mass is 9.98. The van der Waals surface area contributed by atoms with Crippen LogP contribution in [0.25, 0.3) is 11.5 Å². The number of aromatic nitrogens is 1. The molecule has 3 nitrogen and oxygen atoms in total. The fourth-order valence-corrected chi connectivity index (χ4v) is 2.37. The Kier molecular flexibility index (Phi) is 2.65. The van der Waals surface area contributed by atoms with E-state index in [0.717, 1.165) is 36.3 Å². The zero-order chi connectivity index (χ0) is 11.8. The molecule has 1 aliphatic carbocycles. The molecular weight excluding hydrogens is 236 g/mol. The number of oxazole rings is 1. The van der Waals surface area contributed by atoms with Crippen LogP contribution in [0.5, 0.6) is 0 Å². The molecule has 1 aliphatic rings. The summed E-state index contributed by atoms with van der Waals surface area (Å²) in [5.74, 6) is 1.57. The number of hydrogen-bond acceptors (Lipinski definition) is 3. The third-order valence-electron chi connectivity index (χ3n) is 3.08. The highest BCUT2D eigenvalue weighted by Crippen LogP contribution is 2.31. The van der Waals surface area contributed by atoms with Crippen LogP contribution in [0.15, 0.2) is 28.7 Å². The summed E-state index contributed by atoms with van der Waals surface area (Å²) in [7, 11) is 0. The van der Waals surface area contributed by atoms with Crippen molar-refractivity contribution in [2.75, 3.05) is 0 Å². The van der Waals surface area contributed by atoms with E-state index >= 15 is 0 Å². The number of aryl methyl sites for hydroxylation is 1. The van der Waals surface area contributed by atoms with Crippen LogP contribution in [-0.2, 0) is 12.8 Å². The van der Waals surface area contributed by atoms with Crippen LogP contribution in [0.4, 0.5) is 0 Å². The average molecular weight is 249 g/mol. The Morgan fingerprint density at radius 2 is 2.18 bits per heavy atom. The predicted octanol–water partition coefficient (Wildman–Crippen LogP) is 2.81. The van der Waals surface area contributed by atoms with Crippen LogP contribution in [0, 0.1) is 0 Å². The standard InChI is InChI=1S/C13H13ClN2O/c14-10-4-2-1-3-9(10)13-16-11-7-8(15)5-6-12(11)17-13/h1-4,8H,5-7,15H2. The third kappa shape index (κ3) is 1.96. The molecule has 1 aromatic carbocycles. The van der Waals surface area contributed by atoms with Crippen molar-refractivity contribution in [2.24, 2.45) is 5.73 Å². The zero-order valence-electron chi connectivity index (χ0n) is 9.32. The first kappa shape index (κ1) is 10.8. The van der Waals surface area contributed by atoms with Crippen LogP contribution in [-0.4, -0.2) is 11.0 Å². The van der Waals surface area contributed by atoms with E-state index in [1.807, 2.05) is 24.3 Å². The Balaban J connectivity index is 2.03. The van der Waals surface area contributed by atoms with Crippen LogP contribution in [0.2, 0.25) is 5.02 Å². The van der Waals surface area contributed by atoms with Gasteiger partial charge in [0.25, 0.3) is 0 Å². The number of fused-ring (bicyclic) bond motifs is 1. The molecule has 2 N–H and O–H groups in total. The first-order valence-corrected chi connectivity index (χ1v) is 6.11. The quantitative estimate of drug-likeness (QED) is 0.844. The van der Waals surface area contributed by atoms with Crippen molar-refractivity contribution in [3.63, 3.8) is 0 Å². The van der Waals surface area contributed by atoms with Gasteiger partial charge in [-0.3, -0.25) is 0 Å². The molecule has 0 amide bonds. The van der Waals surface area contributed by atoms with Crippen molar-refractivity contribution >= 4 is 11.6 Å². The van der Waals surface area contributed by atoms with Gasteiger partial charge in [-0.05, 0) is 18.6 Å². The molecule has 4 heteroatoms. The van der Waals surface area contributed by atoms with Crippen molar-refractivity contribution in [1.82, 2.24) is 4.98 Å². The van der Waals surface area contributed by atoms with Crippen LogP contribution in [0.1, 0.15) is 17.9 Å². The molecule has 0 bridgehead atoms. The van der Waals surface area contributed by atoms with E-state index in [2.05, 4.69) is 4.98 Å². The van der Waals surface area contributed by atoms with Gasteiger partial charge in [-0.15, -0.1) is 0 Å². The minimum Gasteiger partial charge on any atom is -0.441 e. The van der Waals surface area contributed by atoms with Crippen LogP contribution < -0.4 is 5.73 Å². The summed E-state index contributed by atoms with van der Waals surface area (Å²) in [6.45, 7) is 0. The monoisotopic (exact) mass is 248 g/mol. The maximum absolute atomic E-state index is 6.13. The van der Waals surface area contributed by atoms with Gasteiger partial charge in [0.05, 0.1) is 16.3 Å². The van der Waals surface area contributed by atoms with Gasteiger partial charge in [0.15, 0.2) is 0 Å². The Morgan fingerprint density at radius 1 is 1.35 bits per heavy atom. The molecule has 0 spiro atoms. The van der Waals surface area contributed by atoms with Crippen LogP contribution in [0.3, 0.4) is 0 Å². The first-order chi connectivity index (χ1) is 8.24. The molecule has 0 saturated heterocycles. The second-order valence-corrected chi connectivity index (χ2v) is 4.78. The smallest absolute Gasteiger partial charge is 0.228 e. The van der Waals surface area contributed by atoms with Gasteiger partial charge in [-0.2, -0.15) is 0 Å². The second kappa shape index (κ2) is 4.17. The third-order valence-corrected chi connectivity index (χ3v) is 3.41. The van der Waals surface area contributed by atoms with Gasteiger partial charge in [0.2, 0.25) is 5.89 Å². The van der Waals surface area contributed by atoms with E-state index in [1.165, 1.54) is 0 Å². The minimum absolute atomic E-state index is 0.201. The van der Waals surface area contributed by atoms with Gasteiger partial charge < -0.3 is 10.2 Å². The van der Waals surface area contributed by atoms with E-state index in [9.17, 15) is 0 Å². The summed E-state index contributed by atoms with van der Waals surface area (Å²) in [5.41, 5.74) is 7.75.